The molecule has 0 atom stereocenters. The van der Waals surface area contributed by atoms with Crippen LogP contribution >= 0.6 is 12.2 Å². The summed E-state index contributed by atoms with van der Waals surface area (Å²) in [4.78, 5) is 12.1. The van der Waals surface area contributed by atoms with Crippen molar-refractivity contribution < 1.29 is 9.53 Å². The summed E-state index contributed by atoms with van der Waals surface area (Å²) in [5.41, 5.74) is 2.46. The number of thiocarbonyl (C=S) groups is 1. The number of carbonyl (C=O) groups is 1. The topological polar surface area (TPSA) is 50.4 Å². The molecular weight excluding hydrogens is 296 g/mol. The van der Waals surface area contributed by atoms with Gasteiger partial charge in [-0.2, -0.15) is 0 Å². The van der Waals surface area contributed by atoms with Gasteiger partial charge in [0.1, 0.15) is 5.75 Å². The Kier molecular flexibility index (Phi) is 5.49. The monoisotopic (exact) mass is 314 g/mol. The molecule has 0 aliphatic rings. The molecule has 2 rings (SSSR count). The second-order valence-electron chi connectivity index (χ2n) is 4.68. The zero-order chi connectivity index (χ0) is 15.9. The third kappa shape index (κ3) is 4.30. The lowest BCUT2D eigenvalue weighted by atomic mass is 10.2. The van der Waals surface area contributed by atoms with Crippen molar-refractivity contribution in [1.82, 2.24) is 5.32 Å². The van der Waals surface area contributed by atoms with E-state index in [0.29, 0.717) is 12.2 Å². The maximum Gasteiger partial charge on any atom is 0.257 e. The molecule has 2 aromatic carbocycles. The van der Waals surface area contributed by atoms with Crippen molar-refractivity contribution in [2.45, 2.75) is 13.8 Å². The highest BCUT2D eigenvalue weighted by atomic mass is 32.1. The molecule has 0 radical (unpaired) electrons. The van der Waals surface area contributed by atoms with Gasteiger partial charge < -0.3 is 10.1 Å². The van der Waals surface area contributed by atoms with Crippen molar-refractivity contribution in [2.75, 3.05) is 11.9 Å². The summed E-state index contributed by atoms with van der Waals surface area (Å²) >= 11 is 5.17. The molecule has 0 bridgehead atoms. The first-order valence-corrected chi connectivity index (χ1v) is 7.42. The highest BCUT2D eigenvalue weighted by molar-refractivity contribution is 7.80. The minimum absolute atomic E-state index is 0.255. The Labute approximate surface area is 135 Å². The molecule has 2 aromatic rings. The Morgan fingerprint density at radius 2 is 1.82 bits per heavy atom. The first-order chi connectivity index (χ1) is 10.6. The minimum atomic E-state index is -0.255. The fourth-order valence-corrected chi connectivity index (χ4v) is 2.11. The molecule has 22 heavy (non-hydrogen) atoms. The summed E-state index contributed by atoms with van der Waals surface area (Å²) in [5, 5.41) is 5.95. The van der Waals surface area contributed by atoms with E-state index in [1.54, 1.807) is 24.3 Å². The Balaban J connectivity index is 1.96. The maximum absolute atomic E-state index is 12.1. The molecule has 1 amide bonds. The number of para-hydroxylation sites is 1. The molecule has 0 aliphatic heterocycles. The van der Waals surface area contributed by atoms with E-state index in [1.807, 2.05) is 38.1 Å². The number of anilines is 1. The molecular formula is C17H18N2O2S. The van der Waals surface area contributed by atoms with Crippen LogP contribution in [0.15, 0.2) is 48.5 Å². The zero-order valence-corrected chi connectivity index (χ0v) is 13.4. The Bertz CT molecular complexity index is 669. The first kappa shape index (κ1) is 16.0. The van der Waals surface area contributed by atoms with E-state index in [2.05, 4.69) is 10.6 Å². The van der Waals surface area contributed by atoms with Gasteiger partial charge in [-0.3, -0.25) is 10.1 Å². The average molecular weight is 314 g/mol. The van der Waals surface area contributed by atoms with E-state index in [-0.39, 0.29) is 11.0 Å². The van der Waals surface area contributed by atoms with E-state index in [1.165, 1.54) is 0 Å². The van der Waals surface area contributed by atoms with Crippen molar-refractivity contribution in [1.29, 1.82) is 0 Å². The quantitative estimate of drug-likeness (QED) is 0.848. The smallest absolute Gasteiger partial charge is 0.257 e. The summed E-state index contributed by atoms with van der Waals surface area (Å²) in [6.07, 6.45) is 0. The third-order valence-corrected chi connectivity index (χ3v) is 3.25. The van der Waals surface area contributed by atoms with Crippen LogP contribution in [0, 0.1) is 6.92 Å². The number of rotatable bonds is 4. The van der Waals surface area contributed by atoms with E-state index in [9.17, 15) is 4.79 Å². The predicted octanol–water partition coefficient (Wildman–Crippen LogP) is 3.52. The zero-order valence-electron chi connectivity index (χ0n) is 12.6. The van der Waals surface area contributed by atoms with Gasteiger partial charge in [0.15, 0.2) is 5.11 Å². The number of hydrogen-bond donors (Lipinski definition) is 2. The van der Waals surface area contributed by atoms with Crippen molar-refractivity contribution >= 4 is 28.9 Å². The second kappa shape index (κ2) is 7.56. The van der Waals surface area contributed by atoms with Crippen LogP contribution in [0.25, 0.3) is 0 Å². The lowest BCUT2D eigenvalue weighted by Gasteiger charge is -2.11. The fourth-order valence-electron chi connectivity index (χ4n) is 1.91. The van der Waals surface area contributed by atoms with Crippen molar-refractivity contribution in [2.24, 2.45) is 0 Å². The summed E-state index contributed by atoms with van der Waals surface area (Å²) in [6, 6.07) is 14.7. The largest absolute Gasteiger partial charge is 0.494 e. The standard InChI is InChI=1S/C17H18N2O2S/c1-3-21-14-10-8-13(9-11-14)16(20)19-17(22)18-15-7-5-4-6-12(15)2/h4-11H,3H2,1-2H3,(H2,18,19,20,22). The summed E-state index contributed by atoms with van der Waals surface area (Å²) in [5.74, 6) is 0.480. The van der Waals surface area contributed by atoms with Gasteiger partial charge in [-0.15, -0.1) is 0 Å². The van der Waals surface area contributed by atoms with Crippen molar-refractivity contribution in [3.05, 3.63) is 59.7 Å². The van der Waals surface area contributed by atoms with E-state index >= 15 is 0 Å². The normalized spacial score (nSPS) is 9.91. The molecule has 5 heteroatoms. The van der Waals surface area contributed by atoms with Crippen LogP contribution in [0.1, 0.15) is 22.8 Å². The number of ether oxygens (including phenoxy) is 1. The highest BCUT2D eigenvalue weighted by Crippen LogP contribution is 2.14. The predicted molar refractivity (Wildman–Crippen MR) is 92.5 cm³/mol. The molecule has 0 aromatic heterocycles. The minimum Gasteiger partial charge on any atom is -0.494 e. The van der Waals surface area contributed by atoms with Gasteiger partial charge in [-0.1, -0.05) is 18.2 Å². The van der Waals surface area contributed by atoms with Crippen molar-refractivity contribution in [3.63, 3.8) is 0 Å². The highest BCUT2D eigenvalue weighted by Gasteiger charge is 2.08. The summed E-state index contributed by atoms with van der Waals surface area (Å²) in [7, 11) is 0. The van der Waals surface area contributed by atoms with Crippen LogP contribution in [0.2, 0.25) is 0 Å². The van der Waals surface area contributed by atoms with E-state index < -0.39 is 0 Å². The van der Waals surface area contributed by atoms with Crippen LogP contribution in [0.4, 0.5) is 5.69 Å². The first-order valence-electron chi connectivity index (χ1n) is 7.01. The molecule has 0 heterocycles. The van der Waals surface area contributed by atoms with E-state index in [0.717, 1.165) is 17.0 Å². The number of aryl methyl sites for hydroxylation is 1. The molecule has 0 aliphatic carbocycles. The van der Waals surface area contributed by atoms with Gasteiger partial charge in [0.2, 0.25) is 0 Å². The number of carbonyl (C=O) groups excluding carboxylic acids is 1. The van der Waals surface area contributed by atoms with Crippen molar-refractivity contribution in [3.8, 4) is 5.75 Å². The van der Waals surface area contributed by atoms with Crippen LogP contribution in [-0.4, -0.2) is 17.6 Å². The van der Waals surface area contributed by atoms with Crippen LogP contribution in [-0.2, 0) is 0 Å². The third-order valence-electron chi connectivity index (χ3n) is 3.05. The number of nitrogens with one attached hydrogen (secondary N) is 2. The fraction of sp³-hybridized carbons (Fsp3) is 0.176. The molecule has 4 nitrogen and oxygen atoms in total. The molecule has 0 saturated heterocycles. The molecule has 114 valence electrons. The van der Waals surface area contributed by atoms with Crippen LogP contribution in [0.5, 0.6) is 5.75 Å². The van der Waals surface area contributed by atoms with E-state index in [4.69, 9.17) is 17.0 Å². The lowest BCUT2D eigenvalue weighted by molar-refractivity contribution is 0.0977. The van der Waals surface area contributed by atoms with Gasteiger partial charge in [0.05, 0.1) is 6.61 Å². The Morgan fingerprint density at radius 1 is 1.14 bits per heavy atom. The number of amides is 1. The van der Waals surface area contributed by atoms with Gasteiger partial charge in [0, 0.05) is 11.3 Å². The molecule has 0 saturated carbocycles. The number of hydrogen-bond acceptors (Lipinski definition) is 3. The molecule has 0 spiro atoms. The molecule has 0 unspecified atom stereocenters. The van der Waals surface area contributed by atoms with Gasteiger partial charge in [0.25, 0.3) is 5.91 Å². The van der Waals surface area contributed by atoms with Crippen LogP contribution in [0.3, 0.4) is 0 Å². The molecule has 0 fully saturated rings. The van der Waals surface area contributed by atoms with Gasteiger partial charge in [-0.05, 0) is 62.0 Å². The summed E-state index contributed by atoms with van der Waals surface area (Å²) in [6.45, 7) is 4.48. The summed E-state index contributed by atoms with van der Waals surface area (Å²) < 4.78 is 5.34. The van der Waals surface area contributed by atoms with Gasteiger partial charge >= 0.3 is 0 Å². The van der Waals surface area contributed by atoms with Gasteiger partial charge in [-0.25, -0.2) is 0 Å². The molecule has 2 N–H and O–H groups in total. The Morgan fingerprint density at radius 3 is 2.45 bits per heavy atom. The Hall–Kier alpha value is -2.40. The van der Waals surface area contributed by atoms with Crippen LogP contribution < -0.4 is 15.4 Å². The average Bonchev–Trinajstić information content (AvgIpc) is 2.50. The SMILES string of the molecule is CCOc1ccc(C(=O)NC(=S)Nc2ccccc2C)cc1. The number of benzene rings is 2. The lowest BCUT2D eigenvalue weighted by Crippen LogP contribution is -2.34. The maximum atomic E-state index is 12.1. The second-order valence-corrected chi connectivity index (χ2v) is 5.09.